The lowest BCUT2D eigenvalue weighted by Crippen LogP contribution is -2.37. The van der Waals surface area contributed by atoms with Crippen LogP contribution in [0.3, 0.4) is 0 Å². The van der Waals surface area contributed by atoms with E-state index in [9.17, 15) is 37.3 Å². The third-order valence-electron chi connectivity index (χ3n) is 2.73. The Bertz CT molecular complexity index is 756. The Morgan fingerprint density at radius 1 is 1.32 bits per heavy atom. The Morgan fingerprint density at radius 2 is 1.91 bits per heavy atom. The van der Waals surface area contributed by atoms with Gasteiger partial charge in [-0.25, -0.2) is 0 Å². The van der Waals surface area contributed by atoms with Crippen molar-refractivity contribution in [2.24, 2.45) is 5.16 Å². The monoisotopic (exact) mass is 321 g/mol. The van der Waals surface area contributed by atoms with Crippen LogP contribution in [0.4, 0.5) is 28.9 Å². The highest BCUT2D eigenvalue weighted by atomic mass is 19.4. The van der Waals surface area contributed by atoms with E-state index in [1.807, 2.05) is 0 Å². The molecule has 0 unspecified atom stereocenters. The van der Waals surface area contributed by atoms with Gasteiger partial charge < -0.3 is 10.5 Å². The van der Waals surface area contributed by atoms with Gasteiger partial charge in [0.2, 0.25) is 5.82 Å². The van der Waals surface area contributed by atoms with Crippen LogP contribution in [0, 0.1) is 15.9 Å². The molecule has 0 fully saturated rings. The van der Waals surface area contributed by atoms with Crippen LogP contribution in [0.2, 0.25) is 0 Å². The molecule has 2 N–H and O–H groups in total. The van der Waals surface area contributed by atoms with Crippen LogP contribution in [-0.4, -0.2) is 27.5 Å². The van der Waals surface area contributed by atoms with Gasteiger partial charge in [0.1, 0.15) is 11.1 Å². The number of nitro benzene ring substituents is 1. The van der Waals surface area contributed by atoms with Crippen LogP contribution < -0.4 is 5.32 Å². The number of halogens is 4. The summed E-state index contributed by atoms with van der Waals surface area (Å²) >= 11 is 0. The zero-order valence-electron chi connectivity index (χ0n) is 10.1. The zero-order valence-corrected chi connectivity index (χ0v) is 10.1. The number of ketones is 1. The van der Waals surface area contributed by atoms with Crippen molar-refractivity contribution >= 4 is 28.8 Å². The highest BCUT2D eigenvalue weighted by Gasteiger charge is 2.45. The summed E-state index contributed by atoms with van der Waals surface area (Å²) in [4.78, 5) is 32.0. The first-order valence-electron chi connectivity index (χ1n) is 5.25. The minimum Gasteiger partial charge on any atom is -0.410 e. The summed E-state index contributed by atoms with van der Waals surface area (Å²) in [5.74, 6) is -5.30. The SMILES string of the molecule is O=C1Nc2cc(C(F)(F)F)c(F)c([N+](=O)[O-])c2C(=NO)C1=O. The highest BCUT2D eigenvalue weighted by molar-refractivity contribution is 6.72. The second-order valence-electron chi connectivity index (χ2n) is 4.00. The van der Waals surface area contributed by atoms with Crippen molar-refractivity contribution in [3.8, 4) is 0 Å². The number of nitro groups is 1. The molecule has 1 aliphatic heterocycles. The van der Waals surface area contributed by atoms with E-state index in [1.54, 1.807) is 5.32 Å². The fraction of sp³-hybridized carbons (Fsp3) is 0.100. The summed E-state index contributed by atoms with van der Waals surface area (Å²) in [6.07, 6.45) is -5.29. The summed E-state index contributed by atoms with van der Waals surface area (Å²) in [6, 6.07) is 0.0766. The average molecular weight is 321 g/mol. The second kappa shape index (κ2) is 4.75. The second-order valence-corrected chi connectivity index (χ2v) is 4.00. The maximum Gasteiger partial charge on any atom is 0.419 e. The molecule has 0 spiro atoms. The van der Waals surface area contributed by atoms with Crippen LogP contribution in [-0.2, 0) is 15.8 Å². The smallest absolute Gasteiger partial charge is 0.410 e. The molecule has 1 aliphatic rings. The summed E-state index contributed by atoms with van der Waals surface area (Å²) < 4.78 is 51.9. The highest BCUT2D eigenvalue weighted by Crippen LogP contribution is 2.41. The number of hydrogen-bond acceptors (Lipinski definition) is 6. The Hall–Kier alpha value is -3.05. The number of benzene rings is 1. The summed E-state index contributed by atoms with van der Waals surface area (Å²) in [7, 11) is 0. The van der Waals surface area contributed by atoms with Crippen molar-refractivity contribution < 1.29 is 37.3 Å². The molecule has 1 amide bonds. The largest absolute Gasteiger partial charge is 0.419 e. The van der Waals surface area contributed by atoms with Crippen LogP contribution in [0.1, 0.15) is 11.1 Å². The zero-order chi connectivity index (χ0) is 16.8. The molecule has 8 nitrogen and oxygen atoms in total. The molecule has 0 saturated carbocycles. The maximum atomic E-state index is 13.8. The van der Waals surface area contributed by atoms with Crippen molar-refractivity contribution in [1.29, 1.82) is 0 Å². The number of alkyl halides is 3. The lowest BCUT2D eigenvalue weighted by Gasteiger charge is -2.19. The van der Waals surface area contributed by atoms with Gasteiger partial charge >= 0.3 is 11.9 Å². The van der Waals surface area contributed by atoms with Gasteiger partial charge in [0.15, 0.2) is 5.71 Å². The van der Waals surface area contributed by atoms with Gasteiger partial charge in [0.25, 0.3) is 11.7 Å². The predicted molar refractivity (Wildman–Crippen MR) is 60.0 cm³/mol. The van der Waals surface area contributed by atoms with Gasteiger partial charge in [0.05, 0.1) is 10.6 Å². The van der Waals surface area contributed by atoms with Crippen molar-refractivity contribution in [3.63, 3.8) is 0 Å². The van der Waals surface area contributed by atoms with Gasteiger partial charge in [-0.05, 0) is 6.07 Å². The number of nitrogens with one attached hydrogen (secondary N) is 1. The first-order chi connectivity index (χ1) is 10.1. The van der Waals surface area contributed by atoms with Gasteiger partial charge in [-0.2, -0.15) is 17.6 Å². The van der Waals surface area contributed by atoms with Crippen molar-refractivity contribution in [1.82, 2.24) is 0 Å². The molecule has 2 rings (SSSR count). The molecular formula is C10H3F4N3O5. The fourth-order valence-electron chi connectivity index (χ4n) is 1.86. The van der Waals surface area contributed by atoms with Crippen LogP contribution >= 0.6 is 0 Å². The van der Waals surface area contributed by atoms with Crippen molar-refractivity contribution in [3.05, 3.63) is 33.1 Å². The molecule has 0 saturated heterocycles. The Kier molecular flexibility index (Phi) is 3.31. The van der Waals surface area contributed by atoms with Crippen LogP contribution in [0.25, 0.3) is 0 Å². The number of carbonyl (C=O) groups excluding carboxylic acids is 2. The molecule has 1 aromatic rings. The molecule has 1 aromatic carbocycles. The predicted octanol–water partition coefficient (Wildman–Crippen LogP) is 1.45. The van der Waals surface area contributed by atoms with Crippen molar-refractivity contribution in [2.75, 3.05) is 5.32 Å². The lowest BCUT2D eigenvalue weighted by molar-refractivity contribution is -0.388. The van der Waals surface area contributed by atoms with E-state index in [2.05, 4.69) is 5.16 Å². The summed E-state index contributed by atoms with van der Waals surface area (Å²) in [6.45, 7) is 0. The van der Waals surface area contributed by atoms with Crippen LogP contribution in [0.15, 0.2) is 11.2 Å². The van der Waals surface area contributed by atoms with Crippen molar-refractivity contribution in [2.45, 2.75) is 6.18 Å². The third kappa shape index (κ3) is 2.13. The number of amides is 1. The van der Waals surface area contributed by atoms with E-state index in [1.165, 1.54) is 0 Å². The summed E-state index contributed by atoms with van der Waals surface area (Å²) in [5, 5.41) is 23.5. The maximum absolute atomic E-state index is 13.8. The lowest BCUT2D eigenvalue weighted by atomic mass is 9.95. The number of anilines is 1. The van der Waals surface area contributed by atoms with E-state index < -0.39 is 56.8 Å². The fourth-order valence-corrected chi connectivity index (χ4v) is 1.86. The topological polar surface area (TPSA) is 122 Å². The van der Waals surface area contributed by atoms with Gasteiger partial charge in [0, 0.05) is 0 Å². The summed E-state index contributed by atoms with van der Waals surface area (Å²) in [5.41, 5.74) is -6.87. The molecular weight excluding hydrogens is 318 g/mol. The molecule has 0 aromatic heterocycles. The number of rotatable bonds is 1. The standard InChI is InChI=1S/C10H3F4N3O5/c11-5-2(10(12,13)14)1-3-4(7(5)17(21)22)6(16-20)8(18)9(19)15-3/h1,20H,(H,15,19). The molecule has 116 valence electrons. The number of nitrogens with zero attached hydrogens (tertiary/aromatic N) is 2. The Balaban J connectivity index is 2.94. The molecule has 22 heavy (non-hydrogen) atoms. The number of fused-ring (bicyclic) bond motifs is 1. The Labute approximate surface area is 117 Å². The van der Waals surface area contributed by atoms with E-state index in [-0.39, 0.29) is 6.07 Å². The minimum atomic E-state index is -5.29. The number of Topliss-reactive ketones (excluding diaryl/α,β-unsaturated/α-hetero) is 1. The van der Waals surface area contributed by atoms with E-state index in [0.29, 0.717) is 0 Å². The molecule has 0 radical (unpaired) electrons. The van der Waals surface area contributed by atoms with E-state index in [4.69, 9.17) is 5.21 Å². The first kappa shape index (κ1) is 15.3. The van der Waals surface area contributed by atoms with Crippen LogP contribution in [0.5, 0.6) is 0 Å². The average Bonchev–Trinajstić information content (AvgIpc) is 2.38. The normalized spacial score (nSPS) is 16.5. The molecule has 1 heterocycles. The number of oxime groups is 1. The molecule has 0 bridgehead atoms. The molecule has 12 heteroatoms. The number of hydrogen-bond donors (Lipinski definition) is 2. The van der Waals surface area contributed by atoms with Gasteiger partial charge in [-0.1, -0.05) is 5.16 Å². The first-order valence-corrected chi connectivity index (χ1v) is 5.25. The quantitative estimate of drug-likeness (QED) is 0.266. The van der Waals surface area contributed by atoms with E-state index >= 15 is 0 Å². The minimum absolute atomic E-state index is 0.0766. The van der Waals surface area contributed by atoms with Gasteiger partial charge in [-0.15, -0.1) is 0 Å². The third-order valence-corrected chi connectivity index (χ3v) is 2.73. The molecule has 0 aliphatic carbocycles. The molecule has 0 atom stereocenters. The van der Waals surface area contributed by atoms with E-state index in [0.717, 1.165) is 0 Å². The number of carbonyl (C=O) groups is 2. The Morgan fingerprint density at radius 3 is 2.36 bits per heavy atom. The van der Waals surface area contributed by atoms with Gasteiger partial charge in [-0.3, -0.25) is 19.7 Å².